The molecule has 5 rings (SSSR count). The van der Waals surface area contributed by atoms with Gasteiger partial charge in [-0.05, 0) is 31.0 Å². The zero-order valence-electron chi connectivity index (χ0n) is 21.7. The Bertz CT molecular complexity index is 1530. The molecule has 3 aliphatic rings. The summed E-state index contributed by atoms with van der Waals surface area (Å²) in [6, 6.07) is 6.27. The molecule has 0 amide bonds. The summed E-state index contributed by atoms with van der Waals surface area (Å²) in [5.41, 5.74) is -0.0440. The summed E-state index contributed by atoms with van der Waals surface area (Å²) in [5.74, 6) is -3.03. The molecule has 3 atom stereocenters. The number of dihydropyridines is 1. The maximum absolute atomic E-state index is 14.7. The topological polar surface area (TPSA) is 100 Å². The van der Waals surface area contributed by atoms with Crippen LogP contribution in [-0.4, -0.2) is 44.5 Å². The van der Waals surface area contributed by atoms with E-state index in [0.717, 1.165) is 0 Å². The second-order valence-electron chi connectivity index (χ2n) is 9.55. The molecule has 0 fully saturated rings. The molecule has 8 nitrogen and oxygen atoms in total. The molecule has 204 valence electrons. The average molecular weight is 593 g/mol. The van der Waals surface area contributed by atoms with Gasteiger partial charge in [-0.2, -0.15) is 0 Å². The molecule has 39 heavy (non-hydrogen) atoms. The molecular formula is C28H24Cl3NO7. The van der Waals surface area contributed by atoms with Gasteiger partial charge in [-0.1, -0.05) is 47.8 Å². The number of esters is 1. The quantitative estimate of drug-likeness (QED) is 0.358. The van der Waals surface area contributed by atoms with Crippen LogP contribution in [0, 0.1) is 5.92 Å². The van der Waals surface area contributed by atoms with Crippen LogP contribution < -0.4 is 19.5 Å². The van der Waals surface area contributed by atoms with Crippen LogP contribution in [0.1, 0.15) is 42.1 Å². The summed E-state index contributed by atoms with van der Waals surface area (Å²) in [4.78, 5) is 41.9. The molecule has 1 unspecified atom stereocenters. The molecule has 2 heterocycles. The fourth-order valence-corrected chi connectivity index (χ4v) is 6.48. The van der Waals surface area contributed by atoms with Gasteiger partial charge >= 0.3 is 5.97 Å². The van der Waals surface area contributed by atoms with Gasteiger partial charge < -0.3 is 24.3 Å². The summed E-state index contributed by atoms with van der Waals surface area (Å²) in [6.07, 6.45) is 0.255. The standard InChI is InChI=1S/C28H24Cl3NO7/c1-11-8-16-21(20(14-7-6-13(29)9-15(14)30)19(12(2)32-16)27(35)38-5)25(33)28(11)26(34)22-17(36-3)10-18(37-4)23(31)24(22)39-28/h6-7,9-11,20,32H,8H2,1-5H3/t11-,20?,28+/m1/s1. The maximum Gasteiger partial charge on any atom is 0.336 e. The van der Waals surface area contributed by atoms with Gasteiger partial charge in [0.25, 0.3) is 0 Å². The lowest BCUT2D eigenvalue weighted by atomic mass is 9.65. The van der Waals surface area contributed by atoms with E-state index in [-0.39, 0.29) is 50.4 Å². The van der Waals surface area contributed by atoms with Gasteiger partial charge in [0.2, 0.25) is 17.2 Å². The summed E-state index contributed by atoms with van der Waals surface area (Å²) >= 11 is 19.3. The number of benzene rings is 2. The van der Waals surface area contributed by atoms with Crippen molar-refractivity contribution in [2.24, 2.45) is 5.92 Å². The molecule has 1 aliphatic carbocycles. The van der Waals surface area contributed by atoms with Crippen molar-refractivity contribution in [1.82, 2.24) is 5.32 Å². The number of methoxy groups -OCH3 is 3. The highest BCUT2D eigenvalue weighted by Gasteiger charge is 2.63. The zero-order valence-corrected chi connectivity index (χ0v) is 23.9. The van der Waals surface area contributed by atoms with Crippen LogP contribution in [0.3, 0.4) is 0 Å². The van der Waals surface area contributed by atoms with Crippen LogP contribution in [0.15, 0.2) is 46.8 Å². The summed E-state index contributed by atoms with van der Waals surface area (Å²) in [7, 11) is 4.07. The van der Waals surface area contributed by atoms with Crippen molar-refractivity contribution in [3.63, 3.8) is 0 Å². The highest BCUT2D eigenvalue weighted by atomic mass is 35.5. The highest BCUT2D eigenvalue weighted by molar-refractivity contribution is 6.37. The Hall–Kier alpha value is -3.20. The molecule has 2 aliphatic heterocycles. The number of Topliss-reactive ketones (excluding diaryl/α,β-unsaturated/α-hetero) is 2. The minimum Gasteiger partial charge on any atom is -0.496 e. The van der Waals surface area contributed by atoms with Crippen molar-refractivity contribution in [3.05, 3.63) is 73.0 Å². The molecule has 1 N–H and O–H groups in total. The first kappa shape index (κ1) is 27.4. The molecule has 0 saturated heterocycles. The van der Waals surface area contributed by atoms with E-state index < -0.39 is 35.0 Å². The Balaban J connectivity index is 1.74. The number of fused-ring (bicyclic) bond motifs is 1. The number of carbonyl (C=O) groups excluding carboxylic acids is 3. The number of hydrogen-bond acceptors (Lipinski definition) is 8. The lowest BCUT2D eigenvalue weighted by molar-refractivity contribution is -0.136. The molecule has 2 aromatic carbocycles. The Morgan fingerprint density at radius 3 is 2.36 bits per heavy atom. The van der Waals surface area contributed by atoms with E-state index in [9.17, 15) is 14.4 Å². The molecule has 0 radical (unpaired) electrons. The Kier molecular flexibility index (Phi) is 6.85. The van der Waals surface area contributed by atoms with E-state index in [1.165, 1.54) is 33.5 Å². The van der Waals surface area contributed by atoms with Gasteiger partial charge in [-0.3, -0.25) is 9.59 Å². The second-order valence-corrected chi connectivity index (χ2v) is 10.8. The normalized spacial score (nSPS) is 23.8. The molecule has 0 bridgehead atoms. The smallest absolute Gasteiger partial charge is 0.336 e. The van der Waals surface area contributed by atoms with Crippen molar-refractivity contribution >= 4 is 52.3 Å². The van der Waals surface area contributed by atoms with Crippen molar-refractivity contribution in [2.75, 3.05) is 21.3 Å². The first-order chi connectivity index (χ1) is 18.5. The van der Waals surface area contributed by atoms with Gasteiger partial charge in [0.05, 0.1) is 26.9 Å². The molecule has 11 heteroatoms. The average Bonchev–Trinajstić information content (AvgIpc) is 3.21. The predicted molar refractivity (Wildman–Crippen MR) is 145 cm³/mol. The van der Waals surface area contributed by atoms with Crippen molar-refractivity contribution < 1.29 is 33.3 Å². The van der Waals surface area contributed by atoms with Gasteiger partial charge in [-0.25, -0.2) is 4.79 Å². The lowest BCUT2D eigenvalue weighted by Crippen LogP contribution is -2.58. The van der Waals surface area contributed by atoms with Gasteiger partial charge in [-0.15, -0.1) is 0 Å². The highest BCUT2D eigenvalue weighted by Crippen LogP contribution is 2.56. The fourth-order valence-electron chi connectivity index (χ4n) is 5.70. The first-order valence-electron chi connectivity index (χ1n) is 12.0. The van der Waals surface area contributed by atoms with Gasteiger partial charge in [0.15, 0.2) is 5.75 Å². The van der Waals surface area contributed by atoms with Crippen LogP contribution in [0.2, 0.25) is 15.1 Å². The Morgan fingerprint density at radius 1 is 1.05 bits per heavy atom. The van der Waals surface area contributed by atoms with E-state index >= 15 is 0 Å². The minimum absolute atomic E-state index is 0.00637. The number of rotatable bonds is 4. The number of carbonyl (C=O) groups is 3. The molecule has 2 aromatic rings. The summed E-state index contributed by atoms with van der Waals surface area (Å²) in [5, 5.41) is 3.87. The summed E-state index contributed by atoms with van der Waals surface area (Å²) in [6.45, 7) is 3.47. The predicted octanol–water partition coefficient (Wildman–Crippen LogP) is 5.67. The monoisotopic (exact) mass is 591 g/mol. The fraction of sp³-hybridized carbons (Fsp3) is 0.321. The third-order valence-electron chi connectivity index (χ3n) is 7.53. The van der Waals surface area contributed by atoms with Crippen LogP contribution in [0.5, 0.6) is 17.2 Å². The van der Waals surface area contributed by atoms with Crippen molar-refractivity contribution in [2.45, 2.75) is 31.8 Å². The zero-order chi connectivity index (χ0) is 28.4. The molecule has 1 spiro atoms. The van der Waals surface area contributed by atoms with Gasteiger partial charge in [0, 0.05) is 44.9 Å². The number of allylic oxidation sites excluding steroid dienone is 2. The SMILES string of the molecule is COC(=O)C1=C(C)NC2=C(C(=O)[C@@]3(Oc4c(Cl)c(OC)cc(OC)c4C3=O)[C@H](C)C2)C1c1ccc(Cl)cc1Cl. The molecule has 0 saturated carbocycles. The van der Waals surface area contributed by atoms with E-state index in [2.05, 4.69) is 5.32 Å². The van der Waals surface area contributed by atoms with E-state index in [1.54, 1.807) is 26.0 Å². The lowest BCUT2D eigenvalue weighted by Gasteiger charge is -2.42. The van der Waals surface area contributed by atoms with E-state index in [1.807, 2.05) is 0 Å². The van der Waals surface area contributed by atoms with Crippen LogP contribution >= 0.6 is 34.8 Å². The molecule has 0 aromatic heterocycles. The first-order valence-corrected chi connectivity index (χ1v) is 13.1. The van der Waals surface area contributed by atoms with Crippen molar-refractivity contribution in [3.8, 4) is 17.2 Å². The maximum atomic E-state index is 14.7. The number of halogens is 3. The Labute approximate surface area is 239 Å². The van der Waals surface area contributed by atoms with Crippen LogP contribution in [-0.2, 0) is 14.3 Å². The summed E-state index contributed by atoms with van der Waals surface area (Å²) < 4.78 is 22.2. The van der Waals surface area contributed by atoms with Gasteiger partial charge in [0.1, 0.15) is 22.1 Å². The number of ether oxygens (including phenoxy) is 4. The van der Waals surface area contributed by atoms with Crippen LogP contribution in [0.25, 0.3) is 0 Å². The van der Waals surface area contributed by atoms with Crippen LogP contribution in [0.4, 0.5) is 0 Å². The number of nitrogens with one attached hydrogen (secondary N) is 1. The minimum atomic E-state index is -1.96. The van der Waals surface area contributed by atoms with E-state index in [4.69, 9.17) is 53.8 Å². The Morgan fingerprint density at radius 2 is 1.74 bits per heavy atom. The number of ketones is 2. The number of hydrogen-bond donors (Lipinski definition) is 1. The third-order valence-corrected chi connectivity index (χ3v) is 8.45. The van der Waals surface area contributed by atoms with Crippen molar-refractivity contribution in [1.29, 1.82) is 0 Å². The van der Waals surface area contributed by atoms with E-state index in [0.29, 0.717) is 22.0 Å². The third kappa shape index (κ3) is 3.84. The second kappa shape index (κ2) is 9.77. The largest absolute Gasteiger partial charge is 0.496 e. The molecular weight excluding hydrogens is 569 g/mol.